The van der Waals surface area contributed by atoms with Crippen molar-refractivity contribution in [1.29, 1.82) is 0 Å². The molecule has 1 fully saturated rings. The van der Waals surface area contributed by atoms with Crippen LogP contribution in [-0.2, 0) is 16.6 Å². The number of nitrogens with one attached hydrogen (secondary N) is 1. The minimum atomic E-state index is 0.251. The number of nitrogens with zero attached hydrogens (tertiary/aromatic N) is 2. The van der Waals surface area contributed by atoms with Gasteiger partial charge in [-0.15, -0.1) is 0 Å². The molecule has 2 rings (SSSR count). The van der Waals surface area contributed by atoms with Gasteiger partial charge in [0.2, 0.25) is 0 Å². The maximum atomic E-state index is 5.05. The van der Waals surface area contributed by atoms with E-state index in [1.165, 1.54) is 18.4 Å². The van der Waals surface area contributed by atoms with E-state index in [0.29, 0.717) is 5.92 Å². The molecule has 0 spiro atoms. The van der Waals surface area contributed by atoms with E-state index in [-0.39, 0.29) is 5.41 Å². The van der Waals surface area contributed by atoms with Gasteiger partial charge in [0.25, 0.3) is 0 Å². The van der Waals surface area contributed by atoms with E-state index in [4.69, 9.17) is 14.7 Å². The van der Waals surface area contributed by atoms with Crippen molar-refractivity contribution >= 4 is 0 Å². The average Bonchev–Trinajstić information content (AvgIpc) is 3.18. The van der Waals surface area contributed by atoms with Crippen molar-refractivity contribution in [1.82, 2.24) is 15.3 Å². The lowest BCUT2D eigenvalue weighted by Gasteiger charge is -2.17. The largest absolute Gasteiger partial charge is 0.383 e. The number of ether oxygens (including phenoxy) is 1. The number of hydrogen-bond donors (Lipinski definition) is 1. The molecule has 4 heteroatoms. The van der Waals surface area contributed by atoms with Gasteiger partial charge in [0.05, 0.1) is 6.61 Å². The molecule has 0 bridgehead atoms. The topological polar surface area (TPSA) is 47.0 Å². The zero-order chi connectivity index (χ0) is 15.5. The van der Waals surface area contributed by atoms with Crippen LogP contribution >= 0.6 is 0 Å². The summed E-state index contributed by atoms with van der Waals surface area (Å²) in [6.07, 6.45) is 3.49. The Kier molecular flexibility index (Phi) is 5.33. The summed E-state index contributed by atoms with van der Waals surface area (Å²) in [4.78, 5) is 9.56. The Bertz CT molecular complexity index is 460. The lowest BCUT2D eigenvalue weighted by atomic mass is 9.98. The lowest BCUT2D eigenvalue weighted by molar-refractivity contribution is 0.198. The van der Waals surface area contributed by atoms with Gasteiger partial charge in [-0.2, -0.15) is 0 Å². The van der Waals surface area contributed by atoms with E-state index in [1.807, 2.05) is 0 Å². The highest BCUT2D eigenvalue weighted by atomic mass is 16.5. The van der Waals surface area contributed by atoms with Crippen LogP contribution in [0, 0.1) is 19.8 Å². The van der Waals surface area contributed by atoms with Crippen molar-refractivity contribution in [3.8, 4) is 0 Å². The Morgan fingerprint density at radius 2 is 1.86 bits per heavy atom. The molecule has 21 heavy (non-hydrogen) atoms. The fourth-order valence-electron chi connectivity index (χ4n) is 2.66. The van der Waals surface area contributed by atoms with Gasteiger partial charge in [-0.25, -0.2) is 9.97 Å². The van der Waals surface area contributed by atoms with Crippen LogP contribution in [0.1, 0.15) is 49.5 Å². The molecule has 0 radical (unpaired) electrons. The first-order valence-electron chi connectivity index (χ1n) is 8.00. The summed E-state index contributed by atoms with van der Waals surface area (Å²) in [6, 6.07) is 0. The van der Waals surface area contributed by atoms with Gasteiger partial charge in [-0.1, -0.05) is 13.8 Å². The predicted molar refractivity (Wildman–Crippen MR) is 85.7 cm³/mol. The summed E-state index contributed by atoms with van der Waals surface area (Å²) in [5.41, 5.74) is 3.90. The second-order valence-corrected chi connectivity index (χ2v) is 6.76. The monoisotopic (exact) mass is 291 g/mol. The molecule has 0 aliphatic heterocycles. The van der Waals surface area contributed by atoms with E-state index in [1.54, 1.807) is 7.11 Å². The second kappa shape index (κ2) is 6.84. The molecule has 1 saturated carbocycles. The van der Waals surface area contributed by atoms with Crippen LogP contribution in [0.15, 0.2) is 0 Å². The number of hydrogen-bond acceptors (Lipinski definition) is 4. The van der Waals surface area contributed by atoms with Crippen LogP contribution in [0.25, 0.3) is 0 Å². The quantitative estimate of drug-likeness (QED) is 0.748. The van der Waals surface area contributed by atoms with Gasteiger partial charge >= 0.3 is 0 Å². The first-order chi connectivity index (χ1) is 9.96. The number of aromatic nitrogens is 2. The molecule has 0 amide bonds. The minimum absolute atomic E-state index is 0.251. The van der Waals surface area contributed by atoms with Gasteiger partial charge in [-0.05, 0) is 51.1 Å². The summed E-state index contributed by atoms with van der Waals surface area (Å²) in [7, 11) is 1.73. The molecule has 1 unspecified atom stereocenters. The molecule has 1 atom stereocenters. The SMILES string of the molecule is COCCNCC(C)Cc1c(C)nc(C2(C)CC2)nc1C. The molecule has 1 aromatic heterocycles. The molecule has 0 saturated heterocycles. The van der Waals surface area contributed by atoms with Crippen LogP contribution in [0.2, 0.25) is 0 Å². The molecule has 4 nitrogen and oxygen atoms in total. The molecule has 1 aliphatic carbocycles. The smallest absolute Gasteiger partial charge is 0.134 e. The number of methoxy groups -OCH3 is 1. The molecular weight excluding hydrogens is 262 g/mol. The Labute approximate surface area is 128 Å². The third-order valence-corrected chi connectivity index (χ3v) is 4.49. The summed E-state index contributed by atoms with van der Waals surface area (Å²) in [5, 5.41) is 3.43. The summed E-state index contributed by atoms with van der Waals surface area (Å²) in [6.45, 7) is 11.5. The highest BCUT2D eigenvalue weighted by molar-refractivity contribution is 5.28. The number of aryl methyl sites for hydroxylation is 2. The normalized spacial score (nSPS) is 17.8. The van der Waals surface area contributed by atoms with E-state index in [9.17, 15) is 0 Å². The van der Waals surface area contributed by atoms with Gasteiger partial charge in [-0.3, -0.25) is 0 Å². The van der Waals surface area contributed by atoms with E-state index in [2.05, 4.69) is 33.0 Å². The van der Waals surface area contributed by atoms with E-state index in [0.717, 1.165) is 43.3 Å². The van der Waals surface area contributed by atoms with Gasteiger partial charge in [0, 0.05) is 30.5 Å². The maximum Gasteiger partial charge on any atom is 0.134 e. The standard InChI is InChI=1S/C17H29N3O/c1-12(11-18-8-9-21-5)10-15-13(2)19-16(20-14(15)3)17(4)6-7-17/h12,18H,6-11H2,1-5H3. The van der Waals surface area contributed by atoms with Crippen LogP contribution in [0.3, 0.4) is 0 Å². The summed E-state index contributed by atoms with van der Waals surface area (Å²) >= 11 is 0. The van der Waals surface area contributed by atoms with Crippen molar-refractivity contribution in [2.24, 2.45) is 5.92 Å². The molecule has 1 aromatic rings. The van der Waals surface area contributed by atoms with Crippen molar-refractivity contribution in [2.75, 3.05) is 26.8 Å². The Morgan fingerprint density at radius 1 is 1.24 bits per heavy atom. The highest BCUT2D eigenvalue weighted by Gasteiger charge is 2.42. The fraction of sp³-hybridized carbons (Fsp3) is 0.765. The summed E-state index contributed by atoms with van der Waals surface area (Å²) < 4.78 is 5.05. The molecule has 0 aromatic carbocycles. The molecular formula is C17H29N3O. The molecule has 1 aliphatic rings. The third-order valence-electron chi connectivity index (χ3n) is 4.49. The third kappa shape index (κ3) is 4.24. The van der Waals surface area contributed by atoms with Crippen LogP contribution < -0.4 is 5.32 Å². The zero-order valence-corrected chi connectivity index (χ0v) is 14.1. The molecule has 1 N–H and O–H groups in total. The Morgan fingerprint density at radius 3 is 2.38 bits per heavy atom. The first kappa shape index (κ1) is 16.4. The minimum Gasteiger partial charge on any atom is -0.383 e. The van der Waals surface area contributed by atoms with Crippen molar-refractivity contribution in [3.63, 3.8) is 0 Å². The highest BCUT2D eigenvalue weighted by Crippen LogP contribution is 2.46. The fourth-order valence-corrected chi connectivity index (χ4v) is 2.66. The van der Waals surface area contributed by atoms with E-state index < -0.39 is 0 Å². The number of rotatable bonds is 8. The summed E-state index contributed by atoms with van der Waals surface area (Å²) in [5.74, 6) is 1.62. The van der Waals surface area contributed by atoms with Crippen molar-refractivity contribution < 1.29 is 4.74 Å². The van der Waals surface area contributed by atoms with Crippen molar-refractivity contribution in [3.05, 3.63) is 22.8 Å². The predicted octanol–water partition coefficient (Wildman–Crippen LogP) is 2.56. The van der Waals surface area contributed by atoms with Crippen molar-refractivity contribution in [2.45, 2.75) is 52.4 Å². The molecule has 1 heterocycles. The Hall–Kier alpha value is -1.00. The van der Waals surface area contributed by atoms with Crippen LogP contribution in [0.5, 0.6) is 0 Å². The zero-order valence-electron chi connectivity index (χ0n) is 14.1. The Balaban J connectivity index is 1.96. The lowest BCUT2D eigenvalue weighted by Crippen LogP contribution is -2.26. The maximum absolute atomic E-state index is 5.05. The second-order valence-electron chi connectivity index (χ2n) is 6.76. The van der Waals surface area contributed by atoms with Gasteiger partial charge < -0.3 is 10.1 Å². The molecule has 118 valence electrons. The van der Waals surface area contributed by atoms with Gasteiger partial charge in [0.1, 0.15) is 5.82 Å². The van der Waals surface area contributed by atoms with E-state index >= 15 is 0 Å². The van der Waals surface area contributed by atoms with Crippen LogP contribution in [-0.4, -0.2) is 36.8 Å². The van der Waals surface area contributed by atoms with Gasteiger partial charge in [0.15, 0.2) is 0 Å². The van der Waals surface area contributed by atoms with Crippen LogP contribution in [0.4, 0.5) is 0 Å². The first-order valence-corrected chi connectivity index (χ1v) is 8.00. The average molecular weight is 291 g/mol.